The molecule has 0 aromatic carbocycles. The molecule has 0 aromatic heterocycles. The molecule has 0 aliphatic carbocycles. The van der Waals surface area contributed by atoms with Crippen LogP contribution >= 0.6 is 0 Å². The first-order chi connectivity index (χ1) is 7.54. The molecule has 134 valence electrons. The van der Waals surface area contributed by atoms with Gasteiger partial charge in [0.25, 0.3) is 0 Å². The van der Waals surface area contributed by atoms with Gasteiger partial charge in [0.15, 0.2) is 0 Å². The van der Waals surface area contributed by atoms with Gasteiger partial charge in [-0.2, -0.15) is 0 Å². The van der Waals surface area contributed by atoms with Gasteiger partial charge in [-0.05, 0) is 25.7 Å². The van der Waals surface area contributed by atoms with Crippen molar-refractivity contribution in [2.24, 2.45) is 0 Å². The van der Waals surface area contributed by atoms with E-state index in [1.54, 1.807) is 0 Å². The molecule has 0 amide bonds. The molecule has 0 saturated carbocycles. The van der Waals surface area contributed by atoms with Gasteiger partial charge in [-0.1, -0.05) is 39.5 Å². The summed E-state index contributed by atoms with van der Waals surface area (Å²) in [6, 6.07) is 0. The van der Waals surface area contributed by atoms with Crippen molar-refractivity contribution >= 4 is 11.9 Å². The van der Waals surface area contributed by atoms with Gasteiger partial charge in [-0.15, -0.1) is 0 Å². The number of aliphatic carboxylic acids is 2. The summed E-state index contributed by atoms with van der Waals surface area (Å²) in [5, 5.41) is 19.5. The minimum Gasteiger partial charge on any atom is -1.00 e. The molecule has 0 saturated heterocycles. The van der Waals surface area contributed by atoms with Crippen LogP contribution in [0.3, 0.4) is 0 Å². The first kappa shape index (κ1) is 42.9. The van der Waals surface area contributed by atoms with Gasteiger partial charge in [0.1, 0.15) is 0 Å². The van der Waals surface area contributed by atoms with Gasteiger partial charge < -0.3 is 56.9 Å². The van der Waals surface area contributed by atoms with Crippen LogP contribution in [0.4, 0.5) is 0 Å². The summed E-state index contributed by atoms with van der Waals surface area (Å²) in [5.74, 6) is -1.86. The van der Waals surface area contributed by atoms with Crippen molar-refractivity contribution in [3.63, 3.8) is 0 Å². The van der Waals surface area contributed by atoms with E-state index in [0.717, 1.165) is 38.5 Å². The molecule has 0 aliphatic rings. The Kier molecular flexibility index (Phi) is 75.3. The molecular formula is C12H28Cl2N2O4Pt. The van der Waals surface area contributed by atoms with Crippen molar-refractivity contribution in [3.8, 4) is 0 Å². The van der Waals surface area contributed by atoms with Crippen molar-refractivity contribution in [3.05, 3.63) is 0 Å². The molecule has 0 atom stereocenters. The Balaban J connectivity index is -0.0000000302. The molecule has 0 aliphatic heterocycles. The van der Waals surface area contributed by atoms with Gasteiger partial charge in [0, 0.05) is 11.9 Å². The quantitative estimate of drug-likeness (QED) is 0.300. The van der Waals surface area contributed by atoms with Crippen LogP contribution in [0.15, 0.2) is 0 Å². The summed E-state index contributed by atoms with van der Waals surface area (Å²) in [5.41, 5.74) is 0. The zero-order chi connectivity index (χ0) is 12.8. The molecule has 0 aromatic rings. The van der Waals surface area contributed by atoms with Gasteiger partial charge in [0.05, 0.1) is 0 Å². The molecule has 0 bridgehead atoms. The van der Waals surface area contributed by atoms with E-state index < -0.39 is 11.9 Å². The summed E-state index contributed by atoms with van der Waals surface area (Å²) in [4.78, 5) is 19.5. The predicted octanol–water partition coefficient (Wildman–Crippen LogP) is -5.04. The summed E-state index contributed by atoms with van der Waals surface area (Å²) in [6.45, 7) is 4.07. The number of rotatable bonds is 8. The molecule has 0 rings (SSSR count). The minimum atomic E-state index is -0.932. The number of hydrogen-bond donors (Lipinski definition) is 2. The van der Waals surface area contributed by atoms with Crippen LogP contribution in [-0.4, -0.2) is 11.9 Å². The molecule has 6 nitrogen and oxygen atoms in total. The Hall–Kier alpha value is 0.128. The van der Waals surface area contributed by atoms with E-state index in [1.807, 2.05) is 13.8 Å². The minimum absolute atomic E-state index is 0. The molecule has 6 N–H and O–H groups in total. The topological polar surface area (TPSA) is 150 Å². The van der Waals surface area contributed by atoms with Crippen LogP contribution in [0.25, 0.3) is 0 Å². The maximum Gasteiger partial charge on any atom is 4.00 e. The SMILES string of the molecule is CCCCCC(=O)[O-].CCCCCC(=O)[O-].N.N.[Cl-].[Cl-].[Pt+4]. The van der Waals surface area contributed by atoms with Crippen LogP contribution in [0.1, 0.15) is 65.2 Å². The number of carbonyl (C=O) groups excluding carboxylic acids is 2. The van der Waals surface area contributed by atoms with Crippen LogP contribution in [-0.2, 0) is 30.7 Å². The zero-order valence-corrected chi connectivity index (χ0v) is 16.6. The number of unbranched alkanes of at least 4 members (excludes halogenated alkanes) is 4. The average molecular weight is 530 g/mol. The normalized spacial score (nSPS) is 6.95. The first-order valence-electron chi connectivity index (χ1n) is 5.94. The van der Waals surface area contributed by atoms with E-state index in [1.165, 1.54) is 0 Å². The molecule has 0 fully saturated rings. The van der Waals surface area contributed by atoms with E-state index in [9.17, 15) is 19.8 Å². The third kappa shape index (κ3) is 64.5. The Morgan fingerprint density at radius 2 is 0.952 bits per heavy atom. The molecular weight excluding hydrogens is 502 g/mol. The van der Waals surface area contributed by atoms with Gasteiger partial charge in [-0.3, -0.25) is 0 Å². The maximum atomic E-state index is 9.76. The molecule has 0 heterocycles. The number of carbonyl (C=O) groups is 2. The van der Waals surface area contributed by atoms with E-state index in [4.69, 9.17) is 0 Å². The van der Waals surface area contributed by atoms with Crippen LogP contribution in [0.2, 0.25) is 0 Å². The van der Waals surface area contributed by atoms with Gasteiger partial charge in [0.2, 0.25) is 0 Å². The van der Waals surface area contributed by atoms with Crippen molar-refractivity contribution < 1.29 is 65.7 Å². The molecule has 21 heavy (non-hydrogen) atoms. The number of halogens is 2. The maximum absolute atomic E-state index is 9.76. The fraction of sp³-hybridized carbons (Fsp3) is 0.833. The van der Waals surface area contributed by atoms with Crippen molar-refractivity contribution in [1.29, 1.82) is 0 Å². The number of carboxylic acid groups (broad SMARTS) is 2. The predicted molar refractivity (Wildman–Crippen MR) is 68.3 cm³/mol. The number of carboxylic acids is 2. The van der Waals surface area contributed by atoms with E-state index in [-0.39, 0.29) is 71.0 Å². The fourth-order valence-electron chi connectivity index (χ4n) is 1.04. The van der Waals surface area contributed by atoms with Crippen molar-refractivity contribution in [1.82, 2.24) is 12.3 Å². The number of hydrogen-bond acceptors (Lipinski definition) is 6. The van der Waals surface area contributed by atoms with E-state index in [2.05, 4.69) is 0 Å². The Morgan fingerprint density at radius 1 is 0.714 bits per heavy atom. The summed E-state index contributed by atoms with van der Waals surface area (Å²) >= 11 is 0. The van der Waals surface area contributed by atoms with Crippen molar-refractivity contribution in [2.45, 2.75) is 65.2 Å². The largest absolute Gasteiger partial charge is 4.00 e. The third-order valence-electron chi connectivity index (χ3n) is 1.97. The van der Waals surface area contributed by atoms with Crippen LogP contribution in [0.5, 0.6) is 0 Å². The van der Waals surface area contributed by atoms with Crippen molar-refractivity contribution in [2.75, 3.05) is 0 Å². The average Bonchev–Trinajstić information content (AvgIpc) is 2.18. The Bertz CT molecular complexity index is 182. The summed E-state index contributed by atoms with van der Waals surface area (Å²) in [6.07, 6.45) is 6.07. The van der Waals surface area contributed by atoms with Crippen LogP contribution < -0.4 is 47.3 Å². The third-order valence-corrected chi connectivity index (χ3v) is 1.97. The molecule has 0 spiro atoms. The molecule has 0 radical (unpaired) electrons. The fourth-order valence-corrected chi connectivity index (χ4v) is 1.04. The van der Waals surface area contributed by atoms with E-state index in [0.29, 0.717) is 0 Å². The van der Waals surface area contributed by atoms with E-state index >= 15 is 0 Å². The zero-order valence-electron chi connectivity index (χ0n) is 12.8. The second-order valence-corrected chi connectivity index (χ2v) is 3.66. The second kappa shape index (κ2) is 36.9. The van der Waals surface area contributed by atoms with Gasteiger partial charge >= 0.3 is 21.1 Å². The Morgan fingerprint density at radius 3 is 1.10 bits per heavy atom. The van der Waals surface area contributed by atoms with Crippen LogP contribution in [0, 0.1) is 0 Å². The molecule has 9 heteroatoms. The smallest absolute Gasteiger partial charge is 1.00 e. The second-order valence-electron chi connectivity index (χ2n) is 3.66. The summed E-state index contributed by atoms with van der Waals surface area (Å²) in [7, 11) is 0. The first-order valence-corrected chi connectivity index (χ1v) is 5.94. The molecule has 0 unspecified atom stereocenters. The summed E-state index contributed by atoms with van der Waals surface area (Å²) < 4.78 is 0. The standard InChI is InChI=1S/2C6H12O2.2ClH.2H3N.Pt/c2*1-2-3-4-5-6(7)8;;;;;/h2*2-5H2,1H3,(H,7,8);2*1H;2*1H3;/q;;;;;;+4/p-4. The Labute approximate surface area is 155 Å². The van der Waals surface area contributed by atoms with Gasteiger partial charge in [-0.25, -0.2) is 0 Å². The monoisotopic (exact) mass is 529 g/mol.